The number of imidazole rings is 1. The number of piperazine rings is 1. The van der Waals surface area contributed by atoms with Crippen LogP contribution < -0.4 is 0 Å². The normalized spacial score (nSPS) is 20.4. The van der Waals surface area contributed by atoms with Gasteiger partial charge in [0.25, 0.3) is 0 Å². The van der Waals surface area contributed by atoms with Gasteiger partial charge in [-0.05, 0) is 24.6 Å². The molecular weight excluding hydrogens is 279 g/mol. The number of benzene rings is 1. The molecule has 22 heavy (non-hydrogen) atoms. The fourth-order valence-electron chi connectivity index (χ4n) is 3.03. The van der Waals surface area contributed by atoms with Crippen LogP contribution in [0.2, 0.25) is 0 Å². The monoisotopic (exact) mass is 302 g/mol. The Labute approximate surface area is 131 Å². The van der Waals surface area contributed by atoms with Gasteiger partial charge in [-0.1, -0.05) is 12.1 Å². The van der Waals surface area contributed by atoms with Crippen LogP contribution in [0.4, 0.5) is 4.39 Å². The quantitative estimate of drug-likeness (QED) is 0.866. The first-order chi connectivity index (χ1) is 10.6. The molecule has 3 rings (SSSR count). The molecule has 1 fully saturated rings. The highest BCUT2D eigenvalue weighted by atomic mass is 19.1. The van der Waals surface area contributed by atoms with Gasteiger partial charge in [0.2, 0.25) is 0 Å². The highest BCUT2D eigenvalue weighted by molar-refractivity contribution is 5.16. The Morgan fingerprint density at radius 1 is 1.18 bits per heavy atom. The van der Waals surface area contributed by atoms with Crippen molar-refractivity contribution in [3.8, 4) is 0 Å². The molecule has 1 atom stereocenters. The van der Waals surface area contributed by atoms with Crippen molar-refractivity contribution in [2.24, 2.45) is 7.05 Å². The summed E-state index contributed by atoms with van der Waals surface area (Å²) in [7, 11) is 2.04. The van der Waals surface area contributed by atoms with E-state index in [0.29, 0.717) is 6.04 Å². The molecule has 0 spiro atoms. The van der Waals surface area contributed by atoms with Gasteiger partial charge in [0, 0.05) is 51.7 Å². The van der Waals surface area contributed by atoms with Crippen molar-refractivity contribution >= 4 is 0 Å². The van der Waals surface area contributed by atoms with E-state index in [4.69, 9.17) is 0 Å². The van der Waals surface area contributed by atoms with E-state index in [9.17, 15) is 4.39 Å². The molecule has 2 heterocycles. The van der Waals surface area contributed by atoms with E-state index in [0.717, 1.165) is 38.5 Å². The van der Waals surface area contributed by atoms with Gasteiger partial charge in [-0.15, -0.1) is 0 Å². The molecule has 0 amide bonds. The average Bonchev–Trinajstić information content (AvgIpc) is 2.90. The lowest BCUT2D eigenvalue weighted by Gasteiger charge is -2.39. The Kier molecular flexibility index (Phi) is 4.55. The van der Waals surface area contributed by atoms with E-state index >= 15 is 0 Å². The van der Waals surface area contributed by atoms with Gasteiger partial charge in [-0.25, -0.2) is 9.37 Å². The predicted molar refractivity (Wildman–Crippen MR) is 84.8 cm³/mol. The molecule has 1 aromatic carbocycles. The maximum Gasteiger partial charge on any atom is 0.123 e. The lowest BCUT2D eigenvalue weighted by molar-refractivity contribution is 0.0707. The van der Waals surface area contributed by atoms with Gasteiger partial charge in [0.05, 0.1) is 6.54 Å². The van der Waals surface area contributed by atoms with Crippen LogP contribution in [0.25, 0.3) is 0 Å². The molecule has 2 aromatic rings. The minimum absolute atomic E-state index is 0.169. The topological polar surface area (TPSA) is 24.3 Å². The van der Waals surface area contributed by atoms with Crippen LogP contribution in [-0.2, 0) is 20.1 Å². The Balaban J connectivity index is 1.55. The van der Waals surface area contributed by atoms with Crippen molar-refractivity contribution in [2.45, 2.75) is 26.1 Å². The zero-order valence-electron chi connectivity index (χ0n) is 13.2. The number of aromatic nitrogens is 2. The lowest BCUT2D eigenvalue weighted by atomic mass is 10.1. The Bertz CT molecular complexity index is 607. The third-order valence-corrected chi connectivity index (χ3v) is 4.43. The first kappa shape index (κ1) is 15.2. The summed E-state index contributed by atoms with van der Waals surface area (Å²) in [4.78, 5) is 9.32. The molecule has 0 radical (unpaired) electrons. The van der Waals surface area contributed by atoms with Gasteiger partial charge in [-0.2, -0.15) is 0 Å². The number of aryl methyl sites for hydroxylation is 1. The molecule has 4 nitrogen and oxygen atoms in total. The van der Waals surface area contributed by atoms with E-state index in [2.05, 4.69) is 26.3 Å². The summed E-state index contributed by atoms with van der Waals surface area (Å²) in [5.41, 5.74) is 1.17. The second-order valence-electron chi connectivity index (χ2n) is 6.14. The van der Waals surface area contributed by atoms with E-state index in [1.807, 2.05) is 31.6 Å². The van der Waals surface area contributed by atoms with Gasteiger partial charge >= 0.3 is 0 Å². The van der Waals surface area contributed by atoms with Gasteiger partial charge < -0.3 is 4.57 Å². The van der Waals surface area contributed by atoms with Crippen molar-refractivity contribution in [2.75, 3.05) is 19.6 Å². The number of nitrogens with zero attached hydrogens (tertiary/aromatic N) is 4. The molecule has 1 aliphatic rings. The molecule has 0 unspecified atom stereocenters. The molecule has 0 bridgehead atoms. The van der Waals surface area contributed by atoms with Crippen molar-refractivity contribution in [3.63, 3.8) is 0 Å². The van der Waals surface area contributed by atoms with Gasteiger partial charge in [0.15, 0.2) is 0 Å². The SMILES string of the molecule is C[C@@H]1CN(Cc2ccc(F)cc2)CCN1Cc1nccn1C. The van der Waals surface area contributed by atoms with E-state index in [1.165, 1.54) is 17.7 Å². The molecular formula is C17H23FN4. The summed E-state index contributed by atoms with van der Waals surface area (Å²) in [5, 5.41) is 0. The van der Waals surface area contributed by atoms with Crippen LogP contribution in [0, 0.1) is 5.82 Å². The van der Waals surface area contributed by atoms with E-state index < -0.39 is 0 Å². The van der Waals surface area contributed by atoms with Crippen molar-refractivity contribution in [1.82, 2.24) is 19.4 Å². The Morgan fingerprint density at radius 3 is 2.59 bits per heavy atom. The Hall–Kier alpha value is -1.72. The summed E-state index contributed by atoms with van der Waals surface area (Å²) in [5.74, 6) is 0.941. The van der Waals surface area contributed by atoms with Crippen LogP contribution >= 0.6 is 0 Å². The fraction of sp³-hybridized carbons (Fsp3) is 0.471. The molecule has 5 heteroatoms. The number of hydrogen-bond acceptors (Lipinski definition) is 3. The molecule has 118 valence electrons. The molecule has 0 aliphatic carbocycles. The standard InChI is InChI=1S/C17H23FN4/c1-14-11-21(12-15-3-5-16(18)6-4-15)9-10-22(14)13-17-19-7-8-20(17)2/h3-8,14H,9-13H2,1-2H3/t14-/m1/s1. The molecule has 0 N–H and O–H groups in total. The molecule has 1 aromatic heterocycles. The minimum Gasteiger partial charge on any atom is -0.337 e. The summed E-state index contributed by atoms with van der Waals surface area (Å²) in [6.45, 7) is 7.15. The third-order valence-electron chi connectivity index (χ3n) is 4.43. The summed E-state index contributed by atoms with van der Waals surface area (Å²) in [6, 6.07) is 7.32. The van der Waals surface area contributed by atoms with E-state index in [1.54, 1.807) is 0 Å². The highest BCUT2D eigenvalue weighted by Gasteiger charge is 2.24. The average molecular weight is 302 g/mol. The van der Waals surface area contributed by atoms with Crippen molar-refractivity contribution in [3.05, 3.63) is 53.9 Å². The van der Waals surface area contributed by atoms with Gasteiger partial charge in [0.1, 0.15) is 11.6 Å². The summed E-state index contributed by atoms with van der Waals surface area (Å²) < 4.78 is 15.0. The Morgan fingerprint density at radius 2 is 1.95 bits per heavy atom. The van der Waals surface area contributed by atoms with E-state index in [-0.39, 0.29) is 5.82 Å². The maximum absolute atomic E-state index is 13.0. The predicted octanol–water partition coefficient (Wildman–Crippen LogP) is 2.27. The molecule has 1 aliphatic heterocycles. The number of rotatable bonds is 4. The van der Waals surface area contributed by atoms with Crippen LogP contribution in [0.5, 0.6) is 0 Å². The first-order valence-corrected chi connectivity index (χ1v) is 7.79. The van der Waals surface area contributed by atoms with Crippen molar-refractivity contribution < 1.29 is 4.39 Å². The zero-order chi connectivity index (χ0) is 15.5. The van der Waals surface area contributed by atoms with Crippen LogP contribution in [0.1, 0.15) is 18.3 Å². The number of halogens is 1. The smallest absolute Gasteiger partial charge is 0.123 e. The first-order valence-electron chi connectivity index (χ1n) is 7.79. The summed E-state index contributed by atoms with van der Waals surface area (Å²) in [6.07, 6.45) is 3.84. The lowest BCUT2D eigenvalue weighted by Crippen LogP contribution is -2.51. The molecule has 1 saturated heterocycles. The highest BCUT2D eigenvalue weighted by Crippen LogP contribution is 2.15. The van der Waals surface area contributed by atoms with Gasteiger partial charge in [-0.3, -0.25) is 9.80 Å². The fourth-order valence-corrected chi connectivity index (χ4v) is 3.03. The largest absolute Gasteiger partial charge is 0.337 e. The van der Waals surface area contributed by atoms with Crippen LogP contribution in [0.15, 0.2) is 36.7 Å². The van der Waals surface area contributed by atoms with Crippen LogP contribution in [-0.4, -0.2) is 45.0 Å². The van der Waals surface area contributed by atoms with Crippen molar-refractivity contribution in [1.29, 1.82) is 0 Å². The maximum atomic E-state index is 13.0. The number of hydrogen-bond donors (Lipinski definition) is 0. The minimum atomic E-state index is -0.169. The molecule has 0 saturated carbocycles. The second-order valence-corrected chi connectivity index (χ2v) is 6.14. The zero-order valence-corrected chi connectivity index (χ0v) is 13.2. The van der Waals surface area contributed by atoms with Crippen LogP contribution in [0.3, 0.4) is 0 Å². The third kappa shape index (κ3) is 3.54. The summed E-state index contributed by atoms with van der Waals surface area (Å²) >= 11 is 0. The second kappa shape index (κ2) is 6.58.